The van der Waals surface area contributed by atoms with Crippen LogP contribution in [0.1, 0.15) is 5.01 Å². The summed E-state index contributed by atoms with van der Waals surface area (Å²) in [5, 5.41) is 9.96. The molecule has 0 aliphatic heterocycles. The van der Waals surface area contributed by atoms with Crippen LogP contribution in [0.3, 0.4) is 0 Å². The monoisotopic (exact) mass is 170 g/mol. The molecule has 5 heteroatoms. The minimum atomic E-state index is 0.0696. The first-order chi connectivity index (χ1) is 5.20. The third kappa shape index (κ3) is 2.19. The van der Waals surface area contributed by atoms with Crippen molar-refractivity contribution in [2.24, 2.45) is 5.73 Å². The zero-order valence-corrected chi connectivity index (χ0v) is 7.06. The molecule has 0 saturated carbocycles. The van der Waals surface area contributed by atoms with E-state index in [0.29, 0.717) is 6.54 Å². The van der Waals surface area contributed by atoms with Crippen molar-refractivity contribution in [2.45, 2.75) is 6.54 Å². The van der Waals surface area contributed by atoms with Crippen molar-refractivity contribution in [1.82, 2.24) is 9.88 Å². The van der Waals surface area contributed by atoms with Gasteiger partial charge in [-0.05, 0) is 0 Å². The van der Waals surface area contributed by atoms with Gasteiger partial charge in [-0.2, -0.15) is 0 Å². The lowest BCUT2D eigenvalue weighted by molar-refractivity contribution is 0.490. The maximum atomic E-state index is 7.08. The first-order valence-electron chi connectivity index (χ1n) is 3.13. The third-order valence-corrected chi connectivity index (χ3v) is 2.03. The average Bonchev–Trinajstić information content (AvgIpc) is 2.39. The molecule has 0 aromatic carbocycles. The van der Waals surface area contributed by atoms with Crippen LogP contribution in [0.2, 0.25) is 0 Å². The maximum absolute atomic E-state index is 7.08. The average molecular weight is 170 g/mol. The predicted octanol–water partition coefficient (Wildman–Crippen LogP) is 0.468. The van der Waals surface area contributed by atoms with Gasteiger partial charge in [0.2, 0.25) is 0 Å². The highest BCUT2D eigenvalue weighted by Crippen LogP contribution is 2.05. The Kier molecular flexibility index (Phi) is 2.43. The molecule has 1 aromatic heterocycles. The van der Waals surface area contributed by atoms with Gasteiger partial charge in [-0.25, -0.2) is 4.98 Å². The van der Waals surface area contributed by atoms with Crippen LogP contribution in [-0.2, 0) is 6.54 Å². The SMILES string of the molecule is CN(Cc1nccs1)C(=N)N. The van der Waals surface area contributed by atoms with Gasteiger partial charge < -0.3 is 10.6 Å². The van der Waals surface area contributed by atoms with E-state index in [1.54, 1.807) is 29.5 Å². The number of nitrogens with two attached hydrogens (primary N) is 1. The molecule has 0 fully saturated rings. The second kappa shape index (κ2) is 3.34. The van der Waals surface area contributed by atoms with Crippen molar-refractivity contribution < 1.29 is 0 Å². The van der Waals surface area contributed by atoms with Crippen LogP contribution in [0.5, 0.6) is 0 Å². The van der Waals surface area contributed by atoms with E-state index in [2.05, 4.69) is 4.98 Å². The summed E-state index contributed by atoms with van der Waals surface area (Å²) < 4.78 is 0. The van der Waals surface area contributed by atoms with Gasteiger partial charge in [0.15, 0.2) is 5.96 Å². The molecule has 0 saturated heterocycles. The second-order valence-electron chi connectivity index (χ2n) is 2.17. The van der Waals surface area contributed by atoms with E-state index >= 15 is 0 Å². The van der Waals surface area contributed by atoms with Gasteiger partial charge in [-0.1, -0.05) is 0 Å². The molecular formula is C6H10N4S. The molecule has 0 bridgehead atoms. The first kappa shape index (κ1) is 8.00. The zero-order chi connectivity index (χ0) is 8.27. The predicted molar refractivity (Wildman–Crippen MR) is 45.5 cm³/mol. The summed E-state index contributed by atoms with van der Waals surface area (Å²) in [5.41, 5.74) is 5.24. The topological polar surface area (TPSA) is 66.0 Å². The Morgan fingerprint density at radius 2 is 2.64 bits per heavy atom. The summed E-state index contributed by atoms with van der Waals surface area (Å²) in [6, 6.07) is 0. The molecule has 1 heterocycles. The molecule has 0 atom stereocenters. The fourth-order valence-electron chi connectivity index (χ4n) is 0.619. The standard InChI is InChI=1S/C6H10N4S/c1-10(6(7)8)4-5-9-2-3-11-5/h2-3H,4H2,1H3,(H3,7,8). The normalized spacial score (nSPS) is 9.55. The Morgan fingerprint density at radius 1 is 1.91 bits per heavy atom. The van der Waals surface area contributed by atoms with E-state index < -0.39 is 0 Å². The number of rotatable bonds is 2. The fraction of sp³-hybridized carbons (Fsp3) is 0.333. The van der Waals surface area contributed by atoms with Gasteiger partial charge in [-0.3, -0.25) is 5.41 Å². The minimum Gasteiger partial charge on any atom is -0.370 e. The van der Waals surface area contributed by atoms with Gasteiger partial charge in [0, 0.05) is 18.6 Å². The minimum absolute atomic E-state index is 0.0696. The van der Waals surface area contributed by atoms with Crippen LogP contribution in [0.4, 0.5) is 0 Å². The summed E-state index contributed by atoms with van der Waals surface area (Å²) in [6.07, 6.45) is 1.74. The van der Waals surface area contributed by atoms with Gasteiger partial charge in [0.1, 0.15) is 5.01 Å². The molecule has 0 amide bonds. The number of thiazole rings is 1. The summed E-state index contributed by atoms with van der Waals surface area (Å²) in [5.74, 6) is 0.0696. The summed E-state index contributed by atoms with van der Waals surface area (Å²) in [6.45, 7) is 0.618. The fourth-order valence-corrected chi connectivity index (χ4v) is 1.29. The van der Waals surface area contributed by atoms with Gasteiger partial charge >= 0.3 is 0 Å². The van der Waals surface area contributed by atoms with E-state index in [-0.39, 0.29) is 5.96 Å². The highest BCUT2D eigenvalue weighted by Gasteiger charge is 2.01. The van der Waals surface area contributed by atoms with Crippen LogP contribution in [0.15, 0.2) is 11.6 Å². The quantitative estimate of drug-likeness (QED) is 0.501. The van der Waals surface area contributed by atoms with Crippen LogP contribution in [0.25, 0.3) is 0 Å². The van der Waals surface area contributed by atoms with Crippen molar-refractivity contribution >= 4 is 17.3 Å². The Labute approximate surface area is 69.2 Å². The van der Waals surface area contributed by atoms with Gasteiger partial charge in [-0.15, -0.1) is 11.3 Å². The molecule has 60 valence electrons. The van der Waals surface area contributed by atoms with Gasteiger partial charge in [0.25, 0.3) is 0 Å². The van der Waals surface area contributed by atoms with Crippen molar-refractivity contribution in [1.29, 1.82) is 5.41 Å². The zero-order valence-electron chi connectivity index (χ0n) is 6.24. The lowest BCUT2D eigenvalue weighted by Crippen LogP contribution is -2.32. The van der Waals surface area contributed by atoms with Crippen molar-refractivity contribution in [3.63, 3.8) is 0 Å². The van der Waals surface area contributed by atoms with E-state index in [0.717, 1.165) is 5.01 Å². The Balaban J connectivity index is 2.50. The van der Waals surface area contributed by atoms with Crippen LogP contribution in [-0.4, -0.2) is 22.9 Å². The number of nitrogens with one attached hydrogen (secondary N) is 1. The highest BCUT2D eigenvalue weighted by molar-refractivity contribution is 7.09. The molecule has 0 unspecified atom stereocenters. The molecule has 1 aromatic rings. The van der Waals surface area contributed by atoms with Crippen LogP contribution >= 0.6 is 11.3 Å². The summed E-state index contributed by atoms with van der Waals surface area (Å²) in [7, 11) is 1.77. The Morgan fingerprint density at radius 3 is 3.09 bits per heavy atom. The summed E-state index contributed by atoms with van der Waals surface area (Å²) >= 11 is 1.56. The number of aromatic nitrogens is 1. The summed E-state index contributed by atoms with van der Waals surface area (Å²) in [4.78, 5) is 5.70. The van der Waals surface area contributed by atoms with Crippen molar-refractivity contribution in [3.05, 3.63) is 16.6 Å². The van der Waals surface area contributed by atoms with E-state index in [1.165, 1.54) is 0 Å². The lowest BCUT2D eigenvalue weighted by atomic mass is 10.6. The van der Waals surface area contributed by atoms with E-state index in [4.69, 9.17) is 11.1 Å². The molecule has 3 N–H and O–H groups in total. The molecule has 0 aliphatic carbocycles. The Hall–Kier alpha value is -1.10. The molecule has 11 heavy (non-hydrogen) atoms. The molecule has 1 rings (SSSR count). The number of nitrogens with zero attached hydrogens (tertiary/aromatic N) is 2. The molecule has 0 radical (unpaired) electrons. The maximum Gasteiger partial charge on any atom is 0.188 e. The van der Waals surface area contributed by atoms with Crippen molar-refractivity contribution in [2.75, 3.05) is 7.05 Å². The van der Waals surface area contributed by atoms with E-state index in [9.17, 15) is 0 Å². The molecule has 0 aliphatic rings. The number of guanidine groups is 1. The molecule has 0 spiro atoms. The first-order valence-corrected chi connectivity index (χ1v) is 4.01. The largest absolute Gasteiger partial charge is 0.370 e. The van der Waals surface area contributed by atoms with Crippen LogP contribution < -0.4 is 5.73 Å². The molecule has 4 nitrogen and oxygen atoms in total. The lowest BCUT2D eigenvalue weighted by Gasteiger charge is -2.13. The second-order valence-corrected chi connectivity index (χ2v) is 3.15. The molecular weight excluding hydrogens is 160 g/mol. The van der Waals surface area contributed by atoms with E-state index in [1.807, 2.05) is 5.38 Å². The van der Waals surface area contributed by atoms with Crippen molar-refractivity contribution in [3.8, 4) is 0 Å². The smallest absolute Gasteiger partial charge is 0.188 e. The number of hydrogen-bond acceptors (Lipinski definition) is 3. The Bertz CT molecular complexity index is 231. The number of hydrogen-bond donors (Lipinski definition) is 2. The third-order valence-electron chi connectivity index (χ3n) is 1.27. The highest BCUT2D eigenvalue weighted by atomic mass is 32.1. The van der Waals surface area contributed by atoms with Crippen LogP contribution in [0, 0.1) is 5.41 Å². The van der Waals surface area contributed by atoms with Gasteiger partial charge in [0.05, 0.1) is 6.54 Å².